The maximum atomic E-state index is 11.0. The lowest BCUT2D eigenvalue weighted by Crippen LogP contribution is -2.34. The van der Waals surface area contributed by atoms with Gasteiger partial charge in [0, 0.05) is 13.7 Å². The smallest absolute Gasteiger partial charge is 0.309 e. The van der Waals surface area contributed by atoms with E-state index in [-0.39, 0.29) is 5.92 Å². The Balaban J connectivity index is 4.29. The molecule has 78 valence electrons. The summed E-state index contributed by atoms with van der Waals surface area (Å²) in [7, 11) is 1.64. The number of carboxylic acids is 1. The van der Waals surface area contributed by atoms with Gasteiger partial charge < -0.3 is 9.84 Å². The van der Waals surface area contributed by atoms with Gasteiger partial charge in [0.1, 0.15) is 0 Å². The first-order valence-corrected chi connectivity index (χ1v) is 4.71. The number of carboxylic acid groups (broad SMARTS) is 1. The van der Waals surface area contributed by atoms with Gasteiger partial charge in [0.2, 0.25) is 0 Å². The van der Waals surface area contributed by atoms with Crippen LogP contribution in [0.4, 0.5) is 0 Å². The molecule has 0 aliphatic carbocycles. The fourth-order valence-electron chi connectivity index (χ4n) is 1.32. The van der Waals surface area contributed by atoms with E-state index in [4.69, 9.17) is 9.84 Å². The van der Waals surface area contributed by atoms with Crippen LogP contribution in [0.5, 0.6) is 0 Å². The fourth-order valence-corrected chi connectivity index (χ4v) is 1.32. The third-order valence-electron chi connectivity index (χ3n) is 3.07. The highest BCUT2D eigenvalue weighted by molar-refractivity contribution is 5.74. The topological polar surface area (TPSA) is 46.5 Å². The molecule has 0 saturated heterocycles. The van der Waals surface area contributed by atoms with Crippen LogP contribution in [0.25, 0.3) is 0 Å². The van der Waals surface area contributed by atoms with E-state index in [0.717, 1.165) is 6.42 Å². The van der Waals surface area contributed by atoms with Gasteiger partial charge in [-0.15, -0.1) is 0 Å². The molecule has 2 unspecified atom stereocenters. The van der Waals surface area contributed by atoms with Gasteiger partial charge in [-0.1, -0.05) is 13.8 Å². The molecule has 0 aromatic rings. The molecule has 3 nitrogen and oxygen atoms in total. The highest BCUT2D eigenvalue weighted by Crippen LogP contribution is 2.33. The van der Waals surface area contributed by atoms with Gasteiger partial charge in [-0.2, -0.15) is 0 Å². The Kier molecular flexibility index (Phi) is 4.99. The summed E-state index contributed by atoms with van der Waals surface area (Å²) >= 11 is 0. The lowest BCUT2D eigenvalue weighted by molar-refractivity contribution is -0.151. The third kappa shape index (κ3) is 2.99. The van der Waals surface area contributed by atoms with Crippen LogP contribution < -0.4 is 0 Å². The van der Waals surface area contributed by atoms with Crippen molar-refractivity contribution in [2.45, 2.75) is 33.6 Å². The zero-order valence-corrected chi connectivity index (χ0v) is 8.96. The molecule has 13 heavy (non-hydrogen) atoms. The Morgan fingerprint density at radius 1 is 1.62 bits per heavy atom. The van der Waals surface area contributed by atoms with Crippen LogP contribution in [-0.2, 0) is 9.53 Å². The number of hydrogen-bond donors (Lipinski definition) is 1. The maximum absolute atomic E-state index is 11.0. The van der Waals surface area contributed by atoms with Gasteiger partial charge in [0.05, 0.1) is 5.41 Å². The average Bonchev–Trinajstić information content (AvgIpc) is 2.12. The molecular formula is C10H20O3. The van der Waals surface area contributed by atoms with Crippen molar-refractivity contribution in [1.29, 1.82) is 0 Å². The molecule has 0 aromatic carbocycles. The van der Waals surface area contributed by atoms with Crippen molar-refractivity contribution in [3.05, 3.63) is 0 Å². The second-order valence-electron chi connectivity index (χ2n) is 3.76. The quantitative estimate of drug-likeness (QED) is 0.694. The van der Waals surface area contributed by atoms with Crippen LogP contribution in [-0.4, -0.2) is 24.8 Å². The van der Waals surface area contributed by atoms with E-state index in [1.807, 2.05) is 13.8 Å². The van der Waals surface area contributed by atoms with E-state index in [9.17, 15) is 4.79 Å². The molecule has 0 bridgehead atoms. The molecule has 1 N–H and O–H groups in total. The van der Waals surface area contributed by atoms with Crippen molar-refractivity contribution >= 4 is 5.97 Å². The molecule has 2 atom stereocenters. The Labute approximate surface area is 80.1 Å². The van der Waals surface area contributed by atoms with E-state index in [0.29, 0.717) is 13.0 Å². The van der Waals surface area contributed by atoms with Gasteiger partial charge in [-0.25, -0.2) is 0 Å². The Hall–Kier alpha value is -0.570. The third-order valence-corrected chi connectivity index (χ3v) is 3.07. The molecule has 0 radical (unpaired) electrons. The maximum Gasteiger partial charge on any atom is 0.309 e. The first kappa shape index (κ1) is 12.4. The summed E-state index contributed by atoms with van der Waals surface area (Å²) in [4.78, 5) is 11.0. The lowest BCUT2D eigenvalue weighted by Gasteiger charge is -2.30. The van der Waals surface area contributed by atoms with Gasteiger partial charge in [0.15, 0.2) is 0 Å². The fraction of sp³-hybridized carbons (Fsp3) is 0.900. The van der Waals surface area contributed by atoms with Crippen LogP contribution in [0.2, 0.25) is 0 Å². The van der Waals surface area contributed by atoms with Crippen molar-refractivity contribution in [3.63, 3.8) is 0 Å². The van der Waals surface area contributed by atoms with Crippen LogP contribution >= 0.6 is 0 Å². The van der Waals surface area contributed by atoms with Crippen molar-refractivity contribution in [1.82, 2.24) is 0 Å². The molecular weight excluding hydrogens is 168 g/mol. The summed E-state index contributed by atoms with van der Waals surface area (Å²) in [6.07, 6.45) is 1.46. The predicted molar refractivity (Wildman–Crippen MR) is 51.7 cm³/mol. The highest BCUT2D eigenvalue weighted by atomic mass is 16.5. The molecule has 0 saturated carbocycles. The number of hydrogen-bond acceptors (Lipinski definition) is 2. The summed E-state index contributed by atoms with van der Waals surface area (Å²) in [6.45, 7) is 6.31. The number of carbonyl (C=O) groups is 1. The molecule has 0 spiro atoms. The van der Waals surface area contributed by atoms with Gasteiger partial charge in [-0.3, -0.25) is 4.79 Å². The predicted octanol–water partition coefficient (Wildman–Crippen LogP) is 2.16. The van der Waals surface area contributed by atoms with Crippen LogP contribution in [0.1, 0.15) is 33.6 Å². The average molecular weight is 188 g/mol. The molecule has 0 heterocycles. The number of rotatable bonds is 6. The van der Waals surface area contributed by atoms with E-state index in [2.05, 4.69) is 0 Å². The van der Waals surface area contributed by atoms with Crippen molar-refractivity contribution in [2.24, 2.45) is 11.3 Å². The van der Waals surface area contributed by atoms with Crippen LogP contribution in [0.3, 0.4) is 0 Å². The minimum Gasteiger partial charge on any atom is -0.481 e. The second-order valence-corrected chi connectivity index (χ2v) is 3.76. The standard InChI is InChI=1S/C10H20O3/c1-5-10(3,9(11)12)8(2)6-7-13-4/h8H,5-7H2,1-4H3,(H,11,12). The minimum absolute atomic E-state index is 0.148. The van der Waals surface area contributed by atoms with Crippen molar-refractivity contribution in [2.75, 3.05) is 13.7 Å². The zero-order chi connectivity index (χ0) is 10.5. The van der Waals surface area contributed by atoms with Gasteiger partial charge in [0.25, 0.3) is 0 Å². The number of methoxy groups -OCH3 is 1. The normalized spacial score (nSPS) is 17.8. The monoisotopic (exact) mass is 188 g/mol. The van der Waals surface area contributed by atoms with Gasteiger partial charge >= 0.3 is 5.97 Å². The van der Waals surface area contributed by atoms with Crippen LogP contribution in [0, 0.1) is 11.3 Å². The second kappa shape index (κ2) is 5.22. The van der Waals surface area contributed by atoms with Crippen molar-refractivity contribution < 1.29 is 14.6 Å². The molecule has 0 aromatic heterocycles. The largest absolute Gasteiger partial charge is 0.481 e. The van der Waals surface area contributed by atoms with E-state index in [1.54, 1.807) is 14.0 Å². The summed E-state index contributed by atoms with van der Waals surface area (Å²) in [6, 6.07) is 0. The minimum atomic E-state index is -0.710. The number of ether oxygens (including phenoxy) is 1. The highest BCUT2D eigenvalue weighted by Gasteiger charge is 2.36. The van der Waals surface area contributed by atoms with E-state index in [1.165, 1.54) is 0 Å². The molecule has 0 rings (SSSR count). The van der Waals surface area contributed by atoms with Gasteiger partial charge in [-0.05, 0) is 25.7 Å². The van der Waals surface area contributed by atoms with E-state index < -0.39 is 11.4 Å². The summed E-state index contributed by atoms with van der Waals surface area (Å²) in [5, 5.41) is 9.06. The Bertz CT molecular complexity index is 168. The van der Waals surface area contributed by atoms with E-state index >= 15 is 0 Å². The summed E-state index contributed by atoms with van der Waals surface area (Å²) in [5.74, 6) is -0.562. The summed E-state index contributed by atoms with van der Waals surface area (Å²) < 4.78 is 4.94. The Morgan fingerprint density at radius 2 is 2.15 bits per heavy atom. The molecule has 0 fully saturated rings. The van der Waals surface area contributed by atoms with Crippen molar-refractivity contribution in [3.8, 4) is 0 Å². The first-order chi connectivity index (χ1) is 5.99. The first-order valence-electron chi connectivity index (χ1n) is 4.71. The zero-order valence-electron chi connectivity index (χ0n) is 8.96. The summed E-state index contributed by atoms with van der Waals surface area (Å²) in [5.41, 5.74) is -0.613. The molecule has 0 amide bonds. The molecule has 0 aliphatic heterocycles. The lowest BCUT2D eigenvalue weighted by atomic mass is 9.74. The molecule has 3 heteroatoms. The molecule has 0 aliphatic rings. The SMILES string of the molecule is CCC(C)(C(=O)O)C(C)CCOC. The Morgan fingerprint density at radius 3 is 2.46 bits per heavy atom. The number of aliphatic carboxylic acids is 1. The van der Waals surface area contributed by atoms with Crippen LogP contribution in [0.15, 0.2) is 0 Å².